The number of alkyl halides is 3. The van der Waals surface area contributed by atoms with Gasteiger partial charge in [-0.25, -0.2) is 8.42 Å². The number of hydrogen-bond acceptors (Lipinski definition) is 3. The first-order valence-electron chi connectivity index (χ1n) is 49.8. The molecular formula is C97H198F3NO3P2S. The normalized spacial score (nSPS) is 12.2. The van der Waals surface area contributed by atoms with E-state index in [1.165, 1.54) is 539 Å². The molecule has 0 aliphatic carbocycles. The molecule has 646 valence electrons. The summed E-state index contributed by atoms with van der Waals surface area (Å²) >= 11 is 0. The molecule has 0 aromatic rings. The smallest absolute Gasteiger partial charge is 0.485 e. The topological polar surface area (TPSA) is 71.3 Å². The third-order valence-electron chi connectivity index (χ3n) is 24.2. The van der Waals surface area contributed by atoms with Gasteiger partial charge in [-0.05, 0) is 38.5 Å². The van der Waals surface area contributed by atoms with Crippen LogP contribution in [0.2, 0.25) is 0 Å². The van der Waals surface area contributed by atoms with Gasteiger partial charge in [-0.1, -0.05) is 542 Å². The largest absolute Gasteiger partial charge is 0.741 e. The molecule has 0 aliphatic heterocycles. The third-order valence-corrected chi connectivity index (χ3v) is 34.7. The van der Waals surface area contributed by atoms with Crippen molar-refractivity contribution < 1.29 is 26.1 Å². The van der Waals surface area contributed by atoms with Crippen molar-refractivity contribution in [3.8, 4) is 0 Å². The Balaban J connectivity index is 0. The molecule has 0 rings (SSSR count). The van der Waals surface area contributed by atoms with E-state index in [0.29, 0.717) is 0 Å². The van der Waals surface area contributed by atoms with Crippen molar-refractivity contribution >= 4 is 24.2 Å². The van der Waals surface area contributed by atoms with E-state index in [0.717, 1.165) is 0 Å². The van der Waals surface area contributed by atoms with E-state index in [1.54, 1.807) is 37.0 Å². The monoisotopic (exact) mass is 1580 g/mol. The second kappa shape index (κ2) is 88.6. The molecule has 0 saturated carbocycles. The van der Waals surface area contributed by atoms with Crippen LogP contribution in [0, 0.1) is 0 Å². The van der Waals surface area contributed by atoms with Gasteiger partial charge >= 0.3 is 5.51 Å². The van der Waals surface area contributed by atoms with Crippen LogP contribution < -0.4 is 4.17 Å². The van der Waals surface area contributed by atoms with Crippen molar-refractivity contribution in [2.45, 2.75) is 586 Å². The average Bonchev–Trinajstić information content (AvgIpc) is 0.810. The number of hydrogen-bond donors (Lipinski definition) is 0. The fraction of sp³-hybridized carbons (Fsp3) is 1.00. The van der Waals surface area contributed by atoms with Crippen LogP contribution >= 0.6 is 14.1 Å². The van der Waals surface area contributed by atoms with Crippen molar-refractivity contribution in [3.05, 3.63) is 0 Å². The summed E-state index contributed by atoms with van der Waals surface area (Å²) in [7, 11) is -9.01. The van der Waals surface area contributed by atoms with Crippen LogP contribution in [0.4, 0.5) is 13.2 Å². The van der Waals surface area contributed by atoms with E-state index in [-0.39, 0.29) is 0 Å². The third kappa shape index (κ3) is 84.0. The van der Waals surface area contributed by atoms with Crippen molar-refractivity contribution in [3.63, 3.8) is 0 Å². The molecule has 4 nitrogen and oxygen atoms in total. The molecule has 0 amide bonds. The number of rotatable bonds is 90. The van der Waals surface area contributed by atoms with Crippen LogP contribution in [0.3, 0.4) is 0 Å². The quantitative estimate of drug-likeness (QED) is 0.0200. The van der Waals surface area contributed by atoms with Gasteiger partial charge in [-0.15, -0.1) is 0 Å². The predicted octanol–water partition coefficient (Wildman–Crippen LogP) is 37.4. The first-order valence-corrected chi connectivity index (χ1v) is 55.8. The zero-order chi connectivity index (χ0) is 78.3. The molecule has 10 heteroatoms. The van der Waals surface area contributed by atoms with Gasteiger partial charge in [-0.3, -0.25) is 0 Å². The summed E-state index contributed by atoms with van der Waals surface area (Å²) in [6.45, 7) is 14.1. The maximum atomic E-state index is 10.7. The lowest BCUT2D eigenvalue weighted by atomic mass is 10.0. The van der Waals surface area contributed by atoms with E-state index in [4.69, 9.17) is 17.1 Å². The summed E-state index contributed by atoms with van der Waals surface area (Å²) < 4.78 is 66.1. The van der Waals surface area contributed by atoms with E-state index >= 15 is 0 Å². The molecule has 0 saturated heterocycles. The van der Waals surface area contributed by atoms with Crippen LogP contribution in [-0.2, 0) is 10.1 Å². The number of halogens is 3. The van der Waals surface area contributed by atoms with Crippen molar-refractivity contribution in [1.29, 1.82) is 0 Å². The van der Waals surface area contributed by atoms with Gasteiger partial charge in [-0.2, -0.15) is 17.3 Å². The van der Waals surface area contributed by atoms with Crippen molar-refractivity contribution in [2.75, 3.05) is 37.0 Å². The van der Waals surface area contributed by atoms with Crippen molar-refractivity contribution in [1.82, 2.24) is 4.17 Å². The minimum Gasteiger partial charge on any atom is -0.741 e. The van der Waals surface area contributed by atoms with Gasteiger partial charge in [0.25, 0.3) is 0 Å². The van der Waals surface area contributed by atoms with Gasteiger partial charge < -0.3 is 4.55 Å². The molecule has 0 spiro atoms. The highest BCUT2D eigenvalue weighted by Crippen LogP contribution is 2.56. The predicted molar refractivity (Wildman–Crippen MR) is 483 cm³/mol. The highest BCUT2D eigenvalue weighted by molar-refractivity contribution is 7.86. The lowest BCUT2D eigenvalue weighted by Gasteiger charge is -2.20. The molecule has 107 heavy (non-hydrogen) atoms. The summed E-state index contributed by atoms with van der Waals surface area (Å²) in [5.74, 6) is 0. The van der Waals surface area contributed by atoms with E-state index in [1.807, 2.05) is 0 Å². The first-order chi connectivity index (χ1) is 52.3. The molecule has 0 aromatic carbocycles. The second-order valence-electron chi connectivity index (χ2n) is 35.1. The zero-order valence-electron chi connectivity index (χ0n) is 74.2. The Hall–Kier alpha value is 0.270. The molecule has 0 heterocycles. The summed E-state index contributed by atoms with van der Waals surface area (Å²) in [6, 6.07) is 0. The fourth-order valence-corrected chi connectivity index (χ4v) is 28.5. The summed E-state index contributed by atoms with van der Waals surface area (Å²) in [4.78, 5) is 0. The maximum absolute atomic E-state index is 10.7. The lowest BCUT2D eigenvalue weighted by Crippen LogP contribution is -2.21. The Morgan fingerprint density at radius 3 is 0.336 bits per heavy atom. The Morgan fingerprint density at radius 1 is 0.187 bits per heavy atom. The molecule has 0 radical (unpaired) electrons. The molecule has 0 fully saturated rings. The number of unbranched alkanes of at least 4 members (excludes halogenated alkanes) is 78. The van der Waals surface area contributed by atoms with Gasteiger partial charge in [0, 0.05) is 37.0 Å². The summed E-state index contributed by atoms with van der Waals surface area (Å²) in [5.41, 5.74) is -5.65. The Kier molecular flexibility index (Phi) is 90.6. The van der Waals surface area contributed by atoms with E-state index < -0.39 is 29.7 Å². The zero-order valence-corrected chi connectivity index (χ0v) is 76.9. The Bertz CT molecular complexity index is 1640. The van der Waals surface area contributed by atoms with Gasteiger partial charge in [0.1, 0.15) is 0 Å². The highest BCUT2D eigenvalue weighted by Gasteiger charge is 2.37. The molecule has 0 atom stereocenters. The van der Waals surface area contributed by atoms with Crippen LogP contribution in [-0.4, -0.2) is 55.5 Å². The lowest BCUT2D eigenvalue weighted by molar-refractivity contribution is -0.0517. The minimum absolute atomic E-state index is 1.37. The fourth-order valence-electron chi connectivity index (χ4n) is 16.9. The Labute approximate surface area is 673 Å². The van der Waals surface area contributed by atoms with Crippen LogP contribution in [0.25, 0.3) is 0 Å². The summed E-state index contributed by atoms with van der Waals surface area (Å²) in [6.07, 6.45) is 133. The van der Waals surface area contributed by atoms with Gasteiger partial charge in [0.05, 0.1) is 0 Å². The van der Waals surface area contributed by atoms with Gasteiger partial charge in [0.2, 0.25) is 14.1 Å². The average molecular weight is 1580 g/mol. The summed E-state index contributed by atoms with van der Waals surface area (Å²) in [5, 5.41) is 0. The van der Waals surface area contributed by atoms with E-state index in [9.17, 15) is 13.2 Å². The van der Waals surface area contributed by atoms with Crippen LogP contribution in [0.5, 0.6) is 0 Å². The van der Waals surface area contributed by atoms with E-state index in [2.05, 4.69) is 41.5 Å². The van der Waals surface area contributed by atoms with Crippen LogP contribution in [0.15, 0.2) is 0 Å². The second-order valence-corrected chi connectivity index (χ2v) is 44.2. The SMILES string of the molecule is CCCCCCCCCCCCCCCCP(CCCCCCCCCCCCCCCC)(CCCCCCCCCCCCCCCC)=[N+]=P(CCCCCCCCCCCCCCCC)(CCCCCCCCCCCCCCCC)CCCCCCCCCCCCCCCC.O=S(=O)([O-])C(F)(F)F. The maximum Gasteiger partial charge on any atom is 0.485 e. The molecule has 0 aliphatic rings. The minimum atomic E-state index is -6.09. The number of nitrogens with zero attached hydrogens (tertiary/aromatic N) is 1. The molecule has 0 bridgehead atoms. The highest BCUT2D eigenvalue weighted by atomic mass is 32.2. The molecule has 0 unspecified atom stereocenters. The van der Waals surface area contributed by atoms with Crippen molar-refractivity contribution in [2.24, 2.45) is 0 Å². The molecule has 0 N–H and O–H groups in total. The Morgan fingerprint density at radius 2 is 0.262 bits per heavy atom. The van der Waals surface area contributed by atoms with Crippen LogP contribution in [0.1, 0.15) is 581 Å². The molecule has 0 aromatic heterocycles. The molecular weight excluding hydrogens is 1380 g/mol. The standard InChI is InChI=1S/C96H198NP2.CHF3O3S/c1-7-13-19-25-31-37-43-49-55-61-67-73-79-85-91-98(92-86-80-74-68-62-56-50-44-38-32-26-20-14-8-2,93-87-81-75-69-63-57-51-45-39-33-27-21-15-9-3)97-99(94-88-82-76-70-64-58-52-46-40-34-28-22-16-10-4,95-89-83-77-71-65-59-53-47-41-35-29-23-17-11-5)96-90-84-78-72-66-60-54-48-42-36-30-24-18-12-6;2-1(3,4)8(5,6)7/h7-96H2,1-6H3;(H,5,6,7)/q+1;/p-1. The first kappa shape index (κ1) is 109. The van der Waals surface area contributed by atoms with Gasteiger partial charge in [0.15, 0.2) is 10.1 Å².